The fraction of sp³-hybridized carbons (Fsp3) is 0.941. The quantitative estimate of drug-likeness (QED) is 0.811. The number of hydrogen-bond donors (Lipinski definition) is 2. The first-order valence-electron chi connectivity index (χ1n) is 8.54. The van der Waals surface area contributed by atoms with Crippen molar-refractivity contribution in [3.8, 4) is 0 Å². The summed E-state index contributed by atoms with van der Waals surface area (Å²) >= 11 is 0. The molecule has 0 aromatic rings. The Balaban J connectivity index is 1.67. The van der Waals surface area contributed by atoms with E-state index in [1.165, 1.54) is 32.1 Å². The number of likely N-dealkylation sites (N-methyl/N-ethyl adjacent to an activating group) is 1. The van der Waals surface area contributed by atoms with Gasteiger partial charge in [0.1, 0.15) is 0 Å². The smallest absolute Gasteiger partial charge is 0.236 e. The molecule has 4 aliphatic carbocycles. The van der Waals surface area contributed by atoms with E-state index < -0.39 is 0 Å². The van der Waals surface area contributed by atoms with Crippen LogP contribution in [0.5, 0.6) is 0 Å². The second-order valence-electron chi connectivity index (χ2n) is 7.92. The molecule has 4 aliphatic rings. The van der Waals surface area contributed by atoms with Gasteiger partial charge in [0, 0.05) is 13.1 Å². The van der Waals surface area contributed by atoms with Crippen LogP contribution >= 0.6 is 0 Å². The minimum Gasteiger partial charge on any atom is -0.358 e. The van der Waals surface area contributed by atoms with Crippen LogP contribution in [0.25, 0.3) is 0 Å². The van der Waals surface area contributed by atoms with Crippen LogP contribution in [0.15, 0.2) is 0 Å². The van der Waals surface area contributed by atoms with Crippen LogP contribution < -0.4 is 10.6 Å². The third kappa shape index (κ3) is 2.74. The maximum absolute atomic E-state index is 12.1. The van der Waals surface area contributed by atoms with Gasteiger partial charge in [0.05, 0.1) is 6.04 Å². The van der Waals surface area contributed by atoms with Gasteiger partial charge in [-0.05, 0) is 68.1 Å². The fourth-order valence-corrected chi connectivity index (χ4v) is 5.33. The number of hydrogen-bond acceptors (Lipinski definition) is 2. The molecule has 114 valence electrons. The van der Waals surface area contributed by atoms with E-state index >= 15 is 0 Å². The van der Waals surface area contributed by atoms with E-state index in [0.29, 0.717) is 12.0 Å². The molecule has 4 saturated carbocycles. The van der Waals surface area contributed by atoms with E-state index in [1.54, 1.807) is 7.05 Å². The Hall–Kier alpha value is -0.570. The van der Waals surface area contributed by atoms with E-state index in [0.717, 1.165) is 30.1 Å². The molecule has 1 atom stereocenters. The molecule has 4 rings (SSSR count). The van der Waals surface area contributed by atoms with Crippen LogP contribution in [0.2, 0.25) is 0 Å². The first kappa shape index (κ1) is 14.4. The minimum atomic E-state index is 0.00234. The molecule has 2 N–H and O–H groups in total. The molecule has 4 fully saturated rings. The molecule has 3 heteroatoms. The van der Waals surface area contributed by atoms with Gasteiger partial charge in [-0.25, -0.2) is 0 Å². The van der Waals surface area contributed by atoms with Gasteiger partial charge in [0.15, 0.2) is 0 Å². The Morgan fingerprint density at radius 1 is 1.05 bits per heavy atom. The number of nitrogens with one attached hydrogen (secondary N) is 2. The molecule has 0 heterocycles. The molecule has 0 radical (unpaired) electrons. The van der Waals surface area contributed by atoms with Crippen molar-refractivity contribution in [3.63, 3.8) is 0 Å². The van der Waals surface area contributed by atoms with Crippen LogP contribution in [-0.4, -0.2) is 25.0 Å². The zero-order valence-electron chi connectivity index (χ0n) is 13.2. The summed E-state index contributed by atoms with van der Waals surface area (Å²) < 4.78 is 0. The van der Waals surface area contributed by atoms with Gasteiger partial charge in [-0.1, -0.05) is 13.8 Å². The Morgan fingerprint density at radius 3 is 2.05 bits per heavy atom. The minimum absolute atomic E-state index is 0.00234. The molecule has 1 unspecified atom stereocenters. The van der Waals surface area contributed by atoms with Gasteiger partial charge in [-0.3, -0.25) is 4.79 Å². The largest absolute Gasteiger partial charge is 0.358 e. The highest BCUT2D eigenvalue weighted by atomic mass is 16.2. The topological polar surface area (TPSA) is 41.1 Å². The summed E-state index contributed by atoms with van der Waals surface area (Å²) in [7, 11) is 1.76. The van der Waals surface area contributed by atoms with Crippen molar-refractivity contribution in [2.24, 2.45) is 29.6 Å². The first-order chi connectivity index (χ1) is 9.56. The maximum atomic E-state index is 12.1. The molecular formula is C17H30N2O. The van der Waals surface area contributed by atoms with Crippen LogP contribution in [0.4, 0.5) is 0 Å². The molecule has 20 heavy (non-hydrogen) atoms. The zero-order valence-corrected chi connectivity index (χ0v) is 13.2. The van der Waals surface area contributed by atoms with Crippen LogP contribution in [0.3, 0.4) is 0 Å². The second kappa shape index (κ2) is 5.67. The lowest BCUT2D eigenvalue weighted by Gasteiger charge is -2.55. The van der Waals surface area contributed by atoms with Gasteiger partial charge >= 0.3 is 0 Å². The summed E-state index contributed by atoms with van der Waals surface area (Å²) in [5.41, 5.74) is 0. The van der Waals surface area contributed by atoms with E-state index in [2.05, 4.69) is 24.5 Å². The summed E-state index contributed by atoms with van der Waals surface area (Å²) in [6.45, 7) is 4.41. The number of carbonyl (C=O) groups excluding carboxylic acids is 1. The molecule has 0 aliphatic heterocycles. The summed E-state index contributed by atoms with van der Waals surface area (Å²) in [5, 5.41) is 6.61. The monoisotopic (exact) mass is 278 g/mol. The molecule has 0 saturated heterocycles. The van der Waals surface area contributed by atoms with Crippen LogP contribution in [0.1, 0.15) is 52.4 Å². The number of carbonyl (C=O) groups is 1. The van der Waals surface area contributed by atoms with Gasteiger partial charge in [-0.2, -0.15) is 0 Å². The molecule has 0 spiro atoms. The normalized spacial score (nSPS) is 40.1. The predicted molar refractivity (Wildman–Crippen MR) is 81.3 cm³/mol. The van der Waals surface area contributed by atoms with Crippen molar-refractivity contribution in [2.75, 3.05) is 7.05 Å². The second-order valence-corrected chi connectivity index (χ2v) is 7.92. The standard InChI is InChI=1S/C17H30N2O/c1-10(2)4-15(17(20)18-3)19-16-13-6-11-5-12(8-13)9-14(16)7-11/h10-16,19H,4-9H2,1-3H3,(H,18,20). The average Bonchev–Trinajstić information content (AvgIpc) is 2.39. The maximum Gasteiger partial charge on any atom is 0.236 e. The third-order valence-electron chi connectivity index (χ3n) is 5.89. The zero-order chi connectivity index (χ0) is 14.3. The molecular weight excluding hydrogens is 248 g/mol. The molecule has 0 aromatic heterocycles. The highest BCUT2D eigenvalue weighted by Gasteiger charge is 2.48. The SMILES string of the molecule is CNC(=O)C(CC(C)C)NC1C2CC3CC(C2)CC1C3. The van der Waals surface area contributed by atoms with E-state index in [-0.39, 0.29) is 11.9 Å². The fourth-order valence-electron chi connectivity index (χ4n) is 5.33. The Kier molecular flexibility index (Phi) is 4.07. The van der Waals surface area contributed by atoms with Gasteiger partial charge in [0.2, 0.25) is 5.91 Å². The molecule has 4 bridgehead atoms. The lowest BCUT2D eigenvalue weighted by Crippen LogP contribution is -2.59. The van der Waals surface area contributed by atoms with E-state index in [1.807, 2.05) is 0 Å². The van der Waals surface area contributed by atoms with Crippen molar-refractivity contribution in [3.05, 3.63) is 0 Å². The summed E-state index contributed by atoms with van der Waals surface area (Å²) in [6.07, 6.45) is 8.08. The van der Waals surface area contributed by atoms with Crippen molar-refractivity contribution >= 4 is 5.91 Å². The Labute approximate surface area is 123 Å². The number of rotatable bonds is 5. The Morgan fingerprint density at radius 2 is 1.60 bits per heavy atom. The van der Waals surface area contributed by atoms with E-state index in [9.17, 15) is 4.79 Å². The predicted octanol–water partition coefficient (Wildman–Crippen LogP) is 2.56. The van der Waals surface area contributed by atoms with Crippen molar-refractivity contribution in [1.29, 1.82) is 0 Å². The summed E-state index contributed by atoms with van der Waals surface area (Å²) in [5.74, 6) is 4.41. The highest BCUT2D eigenvalue weighted by molar-refractivity contribution is 5.81. The third-order valence-corrected chi connectivity index (χ3v) is 5.89. The lowest BCUT2D eigenvalue weighted by molar-refractivity contribution is -0.124. The van der Waals surface area contributed by atoms with Gasteiger partial charge in [-0.15, -0.1) is 0 Å². The van der Waals surface area contributed by atoms with Crippen LogP contribution in [0, 0.1) is 29.6 Å². The highest BCUT2D eigenvalue weighted by Crippen LogP contribution is 2.53. The number of amides is 1. The Bertz CT molecular complexity index is 338. The summed E-state index contributed by atoms with van der Waals surface area (Å²) in [6, 6.07) is 0.603. The van der Waals surface area contributed by atoms with Gasteiger partial charge < -0.3 is 10.6 Å². The van der Waals surface area contributed by atoms with E-state index in [4.69, 9.17) is 0 Å². The van der Waals surface area contributed by atoms with Gasteiger partial charge in [0.25, 0.3) is 0 Å². The van der Waals surface area contributed by atoms with Crippen molar-refractivity contribution < 1.29 is 4.79 Å². The lowest BCUT2D eigenvalue weighted by atomic mass is 9.54. The van der Waals surface area contributed by atoms with Crippen molar-refractivity contribution in [1.82, 2.24) is 10.6 Å². The molecule has 0 aromatic carbocycles. The molecule has 1 amide bonds. The van der Waals surface area contributed by atoms with Crippen molar-refractivity contribution in [2.45, 2.75) is 64.5 Å². The molecule has 3 nitrogen and oxygen atoms in total. The van der Waals surface area contributed by atoms with Crippen LogP contribution in [-0.2, 0) is 4.79 Å². The average molecular weight is 278 g/mol. The summed E-state index contributed by atoms with van der Waals surface area (Å²) in [4.78, 5) is 12.1. The first-order valence-corrected chi connectivity index (χ1v) is 8.54.